The van der Waals surface area contributed by atoms with E-state index in [4.69, 9.17) is 0 Å². The van der Waals surface area contributed by atoms with E-state index in [1.165, 1.54) is 22.1 Å². The number of aromatic nitrogens is 2. The summed E-state index contributed by atoms with van der Waals surface area (Å²) in [4.78, 5) is 12.5. The van der Waals surface area contributed by atoms with Crippen molar-refractivity contribution in [1.82, 2.24) is 14.5 Å². The Labute approximate surface area is 176 Å². The van der Waals surface area contributed by atoms with Gasteiger partial charge in [-0.3, -0.25) is 4.79 Å². The van der Waals surface area contributed by atoms with E-state index in [0.717, 1.165) is 42.7 Å². The molecule has 1 aromatic heterocycles. The molecule has 2 heterocycles. The van der Waals surface area contributed by atoms with Gasteiger partial charge in [0.15, 0.2) is 0 Å². The van der Waals surface area contributed by atoms with E-state index in [1.54, 1.807) is 24.3 Å². The molecule has 158 valence electrons. The zero-order valence-corrected chi connectivity index (χ0v) is 18.4. The largest absolute Gasteiger partial charge is 0.301 e. The van der Waals surface area contributed by atoms with Gasteiger partial charge in [-0.15, -0.1) is 10.2 Å². The summed E-state index contributed by atoms with van der Waals surface area (Å²) in [5.41, 5.74) is 0.929. The maximum atomic E-state index is 12.6. The SMILES string of the molecule is CCCCCc1nnc(NC(=O)CCc2ccc(S(=O)(=O)N3CCCC3)cc2)s1. The van der Waals surface area contributed by atoms with Gasteiger partial charge in [-0.25, -0.2) is 8.42 Å². The first-order valence-corrected chi connectivity index (χ1v) is 12.5. The zero-order valence-electron chi connectivity index (χ0n) is 16.8. The molecule has 9 heteroatoms. The Morgan fingerprint density at radius 1 is 1.10 bits per heavy atom. The van der Waals surface area contributed by atoms with Crippen molar-refractivity contribution >= 4 is 32.4 Å². The van der Waals surface area contributed by atoms with Crippen LogP contribution in [0.1, 0.15) is 56.0 Å². The summed E-state index contributed by atoms with van der Waals surface area (Å²) in [7, 11) is -3.39. The highest BCUT2D eigenvalue weighted by Crippen LogP contribution is 2.22. The lowest BCUT2D eigenvalue weighted by molar-refractivity contribution is -0.116. The molecular formula is C20H28N4O3S2. The van der Waals surface area contributed by atoms with Crippen LogP contribution in [0.25, 0.3) is 0 Å². The molecule has 1 aromatic carbocycles. The van der Waals surface area contributed by atoms with Crippen molar-refractivity contribution < 1.29 is 13.2 Å². The van der Waals surface area contributed by atoms with Crippen LogP contribution >= 0.6 is 11.3 Å². The molecule has 0 radical (unpaired) electrons. The number of unbranched alkanes of at least 4 members (excludes halogenated alkanes) is 2. The number of amides is 1. The molecule has 0 unspecified atom stereocenters. The summed E-state index contributed by atoms with van der Waals surface area (Å²) >= 11 is 1.42. The number of hydrogen-bond donors (Lipinski definition) is 1. The lowest BCUT2D eigenvalue weighted by atomic mass is 10.1. The third-order valence-electron chi connectivity index (χ3n) is 4.97. The van der Waals surface area contributed by atoms with E-state index >= 15 is 0 Å². The Balaban J connectivity index is 1.48. The molecule has 2 aromatic rings. The van der Waals surface area contributed by atoms with Gasteiger partial charge in [0.2, 0.25) is 21.1 Å². The van der Waals surface area contributed by atoms with Gasteiger partial charge in [0.1, 0.15) is 5.01 Å². The van der Waals surface area contributed by atoms with Crippen LogP contribution in [0.4, 0.5) is 5.13 Å². The summed E-state index contributed by atoms with van der Waals surface area (Å²) in [6, 6.07) is 6.84. The number of hydrogen-bond acceptors (Lipinski definition) is 6. The quantitative estimate of drug-likeness (QED) is 0.574. The molecule has 1 amide bonds. The van der Waals surface area contributed by atoms with E-state index < -0.39 is 10.0 Å². The summed E-state index contributed by atoms with van der Waals surface area (Å²) in [6.07, 6.45) is 6.99. The fraction of sp³-hybridized carbons (Fsp3) is 0.550. The van der Waals surface area contributed by atoms with Crippen LogP contribution in [0.5, 0.6) is 0 Å². The first-order chi connectivity index (χ1) is 14.0. The molecule has 3 rings (SSSR count). The Hall–Kier alpha value is -1.84. The Morgan fingerprint density at radius 2 is 1.83 bits per heavy atom. The average molecular weight is 437 g/mol. The summed E-state index contributed by atoms with van der Waals surface area (Å²) in [6.45, 7) is 3.35. The number of nitrogens with one attached hydrogen (secondary N) is 1. The Morgan fingerprint density at radius 3 is 2.52 bits per heavy atom. The maximum absolute atomic E-state index is 12.6. The molecular weight excluding hydrogens is 408 g/mol. The van der Waals surface area contributed by atoms with Crippen LogP contribution in [0.15, 0.2) is 29.2 Å². The molecule has 0 bridgehead atoms. The predicted molar refractivity (Wildman–Crippen MR) is 115 cm³/mol. The van der Waals surface area contributed by atoms with Crippen molar-refractivity contribution in [3.8, 4) is 0 Å². The number of anilines is 1. The van der Waals surface area contributed by atoms with Crippen LogP contribution in [-0.2, 0) is 27.7 Å². The molecule has 0 saturated carbocycles. The Kier molecular flexibility index (Phi) is 7.74. The van der Waals surface area contributed by atoms with Gasteiger partial charge in [-0.2, -0.15) is 4.31 Å². The maximum Gasteiger partial charge on any atom is 0.243 e. The number of sulfonamides is 1. The summed E-state index contributed by atoms with van der Waals surface area (Å²) in [5, 5.41) is 12.4. The lowest BCUT2D eigenvalue weighted by Crippen LogP contribution is -2.27. The normalized spacial score (nSPS) is 14.9. The summed E-state index contributed by atoms with van der Waals surface area (Å²) < 4.78 is 26.6. The van der Waals surface area contributed by atoms with Crippen molar-refractivity contribution in [2.75, 3.05) is 18.4 Å². The predicted octanol–water partition coefficient (Wildman–Crippen LogP) is 3.63. The van der Waals surface area contributed by atoms with Crippen LogP contribution < -0.4 is 5.32 Å². The first-order valence-electron chi connectivity index (χ1n) is 10.2. The third kappa shape index (κ3) is 6.07. The second kappa shape index (κ2) is 10.3. The minimum atomic E-state index is -3.39. The molecule has 1 aliphatic rings. The number of aryl methyl sites for hydroxylation is 2. The smallest absolute Gasteiger partial charge is 0.243 e. The topological polar surface area (TPSA) is 92.3 Å². The number of carbonyl (C=O) groups is 1. The van der Waals surface area contributed by atoms with Crippen molar-refractivity contribution in [2.45, 2.75) is 63.2 Å². The molecule has 1 saturated heterocycles. The van der Waals surface area contributed by atoms with Gasteiger partial charge in [-0.1, -0.05) is 43.2 Å². The van der Waals surface area contributed by atoms with E-state index in [0.29, 0.717) is 36.0 Å². The first kappa shape index (κ1) is 21.9. The highest BCUT2D eigenvalue weighted by Gasteiger charge is 2.26. The number of carbonyl (C=O) groups excluding carboxylic acids is 1. The summed E-state index contributed by atoms with van der Waals surface area (Å²) in [5.74, 6) is -0.116. The minimum Gasteiger partial charge on any atom is -0.301 e. The number of benzene rings is 1. The van der Waals surface area contributed by atoms with Gasteiger partial charge >= 0.3 is 0 Å². The second-order valence-corrected chi connectivity index (χ2v) is 10.3. The number of nitrogens with zero attached hydrogens (tertiary/aromatic N) is 3. The van der Waals surface area contributed by atoms with Gasteiger partial charge in [-0.05, 0) is 43.4 Å². The molecule has 1 N–H and O–H groups in total. The number of rotatable bonds is 10. The second-order valence-electron chi connectivity index (χ2n) is 7.26. The van der Waals surface area contributed by atoms with Crippen molar-refractivity contribution in [1.29, 1.82) is 0 Å². The molecule has 0 spiro atoms. The Bertz CT molecular complexity index is 904. The van der Waals surface area contributed by atoms with Crippen LogP contribution in [0, 0.1) is 0 Å². The monoisotopic (exact) mass is 436 g/mol. The molecule has 29 heavy (non-hydrogen) atoms. The van der Waals surface area contributed by atoms with Gasteiger partial charge < -0.3 is 5.32 Å². The fourth-order valence-corrected chi connectivity index (χ4v) is 5.59. The highest BCUT2D eigenvalue weighted by molar-refractivity contribution is 7.89. The van der Waals surface area contributed by atoms with Gasteiger partial charge in [0, 0.05) is 25.9 Å². The zero-order chi connectivity index (χ0) is 20.7. The van der Waals surface area contributed by atoms with Crippen LogP contribution in [0.3, 0.4) is 0 Å². The standard InChI is InChI=1S/C20H28N4O3S2/c1-2-3-4-7-19-22-23-20(28-19)21-18(25)13-10-16-8-11-17(12-9-16)29(26,27)24-14-5-6-15-24/h8-9,11-12H,2-7,10,13-15H2,1H3,(H,21,23,25). The van der Waals surface area contributed by atoms with Crippen molar-refractivity contribution in [3.05, 3.63) is 34.8 Å². The molecule has 7 nitrogen and oxygen atoms in total. The minimum absolute atomic E-state index is 0.116. The van der Waals surface area contributed by atoms with Crippen molar-refractivity contribution in [2.24, 2.45) is 0 Å². The van der Waals surface area contributed by atoms with E-state index in [9.17, 15) is 13.2 Å². The van der Waals surface area contributed by atoms with Crippen LogP contribution in [0.2, 0.25) is 0 Å². The third-order valence-corrected chi connectivity index (χ3v) is 7.79. The van der Waals surface area contributed by atoms with Gasteiger partial charge in [0.25, 0.3) is 0 Å². The van der Waals surface area contributed by atoms with Crippen LogP contribution in [-0.4, -0.2) is 41.9 Å². The van der Waals surface area contributed by atoms with E-state index in [1.807, 2.05) is 0 Å². The van der Waals surface area contributed by atoms with Gasteiger partial charge in [0.05, 0.1) is 4.90 Å². The molecule has 0 atom stereocenters. The fourth-order valence-electron chi connectivity index (χ4n) is 3.28. The molecule has 0 aliphatic carbocycles. The lowest BCUT2D eigenvalue weighted by Gasteiger charge is -2.15. The van der Waals surface area contributed by atoms with E-state index in [-0.39, 0.29) is 5.91 Å². The molecule has 1 fully saturated rings. The van der Waals surface area contributed by atoms with E-state index in [2.05, 4.69) is 22.4 Å². The van der Waals surface area contributed by atoms with Crippen molar-refractivity contribution in [3.63, 3.8) is 0 Å². The average Bonchev–Trinajstić information content (AvgIpc) is 3.40. The molecule has 1 aliphatic heterocycles. The highest BCUT2D eigenvalue weighted by atomic mass is 32.2.